The molecule has 0 aliphatic carbocycles. The van der Waals surface area contributed by atoms with Crippen molar-refractivity contribution in [2.24, 2.45) is 0 Å². The van der Waals surface area contributed by atoms with E-state index < -0.39 is 9.96 Å². The van der Waals surface area contributed by atoms with Crippen LogP contribution in [0.4, 0.5) is 0 Å². The van der Waals surface area contributed by atoms with Crippen molar-refractivity contribution in [3.63, 3.8) is 0 Å². The van der Waals surface area contributed by atoms with Gasteiger partial charge in [0.15, 0.2) is 0 Å². The maximum absolute atomic E-state index is 12.1. The third kappa shape index (κ3) is 5.49. The Morgan fingerprint density at radius 1 is 1.20 bits per heavy atom. The zero-order valence-electron chi connectivity index (χ0n) is 11.6. The lowest BCUT2D eigenvalue weighted by atomic mass is 10.1. The van der Waals surface area contributed by atoms with E-state index in [9.17, 15) is 4.79 Å². The molecule has 6 heteroatoms. The summed E-state index contributed by atoms with van der Waals surface area (Å²) in [7, 11) is 0. The molecule has 1 atom stereocenters. The highest BCUT2D eigenvalue weighted by Crippen LogP contribution is 2.32. The van der Waals surface area contributed by atoms with Crippen molar-refractivity contribution in [3.8, 4) is 0 Å². The smallest absolute Gasteiger partial charge is 0.225 e. The number of rotatable bonds is 6. The van der Waals surface area contributed by atoms with E-state index in [1.54, 1.807) is 0 Å². The predicted molar refractivity (Wildman–Crippen MR) is 85.3 cm³/mol. The molecule has 0 heterocycles. The number of carbonyl (C=O) groups is 1. The van der Waals surface area contributed by atoms with Gasteiger partial charge in [-0.1, -0.05) is 79.0 Å². The molecule has 0 aliphatic rings. The molecule has 20 heavy (non-hydrogen) atoms. The number of alkyl halides is 3. The van der Waals surface area contributed by atoms with Crippen molar-refractivity contribution >= 4 is 40.7 Å². The van der Waals surface area contributed by atoms with Gasteiger partial charge in [0.2, 0.25) is 9.70 Å². The third-order valence-corrected chi connectivity index (χ3v) is 3.61. The van der Waals surface area contributed by atoms with Crippen LogP contribution in [-0.2, 0) is 11.2 Å². The Morgan fingerprint density at radius 3 is 2.20 bits per heavy atom. The summed E-state index contributed by atoms with van der Waals surface area (Å²) in [4.78, 5) is 14.0. The van der Waals surface area contributed by atoms with E-state index in [-0.39, 0.29) is 12.3 Å². The molecule has 0 saturated heterocycles. The Hall–Kier alpha value is -0.480. The van der Waals surface area contributed by atoms with Crippen LogP contribution in [0.5, 0.6) is 0 Å². The molecule has 0 fully saturated rings. The van der Waals surface area contributed by atoms with Crippen LogP contribution in [0.3, 0.4) is 0 Å². The number of hydrogen-bond acceptors (Lipinski definition) is 2. The van der Waals surface area contributed by atoms with Crippen LogP contribution >= 0.6 is 34.8 Å². The van der Waals surface area contributed by atoms with Crippen LogP contribution in [0.1, 0.15) is 19.4 Å². The molecule has 0 unspecified atom stereocenters. The minimum atomic E-state index is -1.57. The molecule has 0 aliphatic heterocycles. The van der Waals surface area contributed by atoms with Gasteiger partial charge in [-0.3, -0.25) is 9.69 Å². The quantitative estimate of drug-likeness (QED) is 0.637. The number of nitrogens with one attached hydrogen (secondary N) is 1. The van der Waals surface area contributed by atoms with Gasteiger partial charge in [0.25, 0.3) is 0 Å². The normalized spacial score (nSPS) is 13.3. The van der Waals surface area contributed by atoms with Gasteiger partial charge in [-0.2, -0.15) is 0 Å². The van der Waals surface area contributed by atoms with E-state index in [1.165, 1.54) is 0 Å². The molecule has 1 aromatic carbocycles. The maximum Gasteiger partial charge on any atom is 0.225 e. The lowest BCUT2D eigenvalue weighted by Crippen LogP contribution is -2.55. The van der Waals surface area contributed by atoms with Gasteiger partial charge in [-0.25, -0.2) is 0 Å². The minimum absolute atomic E-state index is 0.167. The van der Waals surface area contributed by atoms with Crippen molar-refractivity contribution in [3.05, 3.63) is 35.9 Å². The van der Waals surface area contributed by atoms with Crippen LogP contribution in [-0.4, -0.2) is 33.9 Å². The van der Waals surface area contributed by atoms with Gasteiger partial charge in [0.1, 0.15) is 6.17 Å². The second kappa shape index (κ2) is 8.08. The number of amides is 1. The van der Waals surface area contributed by atoms with E-state index in [0.29, 0.717) is 13.1 Å². The van der Waals surface area contributed by atoms with Gasteiger partial charge < -0.3 is 5.32 Å². The largest absolute Gasteiger partial charge is 0.336 e. The molecule has 0 bridgehead atoms. The first-order valence-electron chi connectivity index (χ1n) is 6.52. The number of nitrogens with zero attached hydrogens (tertiary/aromatic N) is 1. The summed E-state index contributed by atoms with van der Waals surface area (Å²) in [5.41, 5.74) is 0.924. The van der Waals surface area contributed by atoms with E-state index in [2.05, 4.69) is 5.32 Å². The van der Waals surface area contributed by atoms with Gasteiger partial charge in [0.05, 0.1) is 6.42 Å². The molecule has 112 valence electrons. The second-order valence-electron chi connectivity index (χ2n) is 4.40. The number of benzene rings is 1. The zero-order chi connectivity index (χ0) is 15.2. The zero-order valence-corrected chi connectivity index (χ0v) is 13.8. The maximum atomic E-state index is 12.1. The summed E-state index contributed by atoms with van der Waals surface area (Å²) in [6.07, 6.45) is -0.377. The molecule has 1 rings (SSSR count). The Kier molecular flexibility index (Phi) is 7.10. The molecule has 0 spiro atoms. The Morgan fingerprint density at radius 2 is 1.75 bits per heavy atom. The van der Waals surface area contributed by atoms with Crippen LogP contribution in [0.25, 0.3) is 0 Å². The van der Waals surface area contributed by atoms with Gasteiger partial charge >= 0.3 is 0 Å². The molecule has 1 aromatic rings. The van der Waals surface area contributed by atoms with Crippen molar-refractivity contribution in [2.45, 2.75) is 30.2 Å². The van der Waals surface area contributed by atoms with Gasteiger partial charge in [-0.15, -0.1) is 0 Å². The molecule has 0 radical (unpaired) electrons. The number of carbonyl (C=O) groups excluding carboxylic acids is 1. The summed E-state index contributed by atoms with van der Waals surface area (Å²) in [5, 5.41) is 2.80. The first-order valence-corrected chi connectivity index (χ1v) is 7.65. The average Bonchev–Trinajstić information content (AvgIpc) is 2.39. The molecular weight excluding hydrogens is 319 g/mol. The van der Waals surface area contributed by atoms with Crippen LogP contribution in [0.15, 0.2) is 30.3 Å². The highest BCUT2D eigenvalue weighted by Gasteiger charge is 2.37. The lowest BCUT2D eigenvalue weighted by Gasteiger charge is -2.35. The van der Waals surface area contributed by atoms with Gasteiger partial charge in [-0.05, 0) is 18.7 Å². The molecule has 0 saturated carbocycles. The lowest BCUT2D eigenvalue weighted by molar-refractivity contribution is -0.122. The molecular formula is C14H19Cl3N2O. The van der Waals surface area contributed by atoms with Crippen LogP contribution in [0.2, 0.25) is 0 Å². The fraction of sp³-hybridized carbons (Fsp3) is 0.500. The van der Waals surface area contributed by atoms with Gasteiger partial charge in [0, 0.05) is 0 Å². The summed E-state index contributed by atoms with van der Waals surface area (Å²) >= 11 is 17.9. The molecule has 1 amide bonds. The Labute approximate surface area is 135 Å². The summed E-state index contributed by atoms with van der Waals surface area (Å²) in [6.45, 7) is 5.27. The Bertz CT molecular complexity index is 416. The van der Waals surface area contributed by atoms with Crippen molar-refractivity contribution in [1.29, 1.82) is 0 Å². The minimum Gasteiger partial charge on any atom is -0.336 e. The highest BCUT2D eigenvalue weighted by atomic mass is 35.6. The second-order valence-corrected chi connectivity index (χ2v) is 6.76. The molecule has 1 N–H and O–H groups in total. The fourth-order valence-electron chi connectivity index (χ4n) is 1.95. The number of hydrogen-bond donors (Lipinski definition) is 1. The molecule has 0 aromatic heterocycles. The van der Waals surface area contributed by atoms with E-state index in [1.807, 2.05) is 49.1 Å². The first kappa shape index (κ1) is 17.6. The fourth-order valence-corrected chi connectivity index (χ4v) is 2.53. The van der Waals surface area contributed by atoms with Crippen molar-refractivity contribution < 1.29 is 4.79 Å². The predicted octanol–water partition coefficient (Wildman–Crippen LogP) is 3.38. The third-order valence-electron chi connectivity index (χ3n) is 2.99. The molecule has 3 nitrogen and oxygen atoms in total. The summed E-state index contributed by atoms with van der Waals surface area (Å²) in [5.74, 6) is -0.167. The average molecular weight is 338 g/mol. The van der Waals surface area contributed by atoms with E-state index in [0.717, 1.165) is 5.56 Å². The standard InChI is InChI=1S/C14H19Cl3N2O/c1-3-19(4-2)13(14(15,16)17)18-12(20)10-11-8-6-5-7-9-11/h5-9,13H,3-4,10H2,1-2H3,(H,18,20)/t13-/m1/s1. The van der Waals surface area contributed by atoms with E-state index >= 15 is 0 Å². The van der Waals surface area contributed by atoms with Crippen molar-refractivity contribution in [2.75, 3.05) is 13.1 Å². The first-order chi connectivity index (χ1) is 9.38. The number of halogens is 3. The monoisotopic (exact) mass is 336 g/mol. The van der Waals surface area contributed by atoms with Crippen molar-refractivity contribution in [1.82, 2.24) is 10.2 Å². The van der Waals surface area contributed by atoms with E-state index in [4.69, 9.17) is 34.8 Å². The van der Waals surface area contributed by atoms with Crippen LogP contribution in [0, 0.1) is 0 Å². The SMILES string of the molecule is CCN(CC)[C@@H](NC(=O)Cc1ccccc1)C(Cl)(Cl)Cl. The summed E-state index contributed by atoms with van der Waals surface area (Å²) in [6, 6.07) is 9.46. The topological polar surface area (TPSA) is 32.3 Å². The highest BCUT2D eigenvalue weighted by molar-refractivity contribution is 6.68. The summed E-state index contributed by atoms with van der Waals surface area (Å²) < 4.78 is -1.57. The van der Waals surface area contributed by atoms with Crippen LogP contribution < -0.4 is 5.32 Å². The Balaban J connectivity index is 2.72.